The van der Waals surface area contributed by atoms with Crippen LogP contribution >= 0.6 is 11.3 Å². The number of hydrogen-bond donors (Lipinski definition) is 1. The van der Waals surface area contributed by atoms with Crippen LogP contribution in [-0.2, 0) is 13.0 Å². The molecule has 4 aromatic rings. The summed E-state index contributed by atoms with van der Waals surface area (Å²) >= 11 is 1.73. The fourth-order valence-electron chi connectivity index (χ4n) is 3.17. The predicted molar refractivity (Wildman–Crippen MR) is 101 cm³/mol. The molecule has 0 aliphatic rings. The summed E-state index contributed by atoms with van der Waals surface area (Å²) in [4.78, 5) is 9.40. The minimum Gasteiger partial charge on any atom is -0.382 e. The van der Waals surface area contributed by atoms with Gasteiger partial charge in [-0.1, -0.05) is 31.5 Å². The molecule has 0 aliphatic heterocycles. The van der Waals surface area contributed by atoms with Gasteiger partial charge in [0.05, 0.1) is 17.6 Å². The number of hydrogen-bond acceptors (Lipinski definition) is 4. The molecule has 1 aromatic carbocycles. The van der Waals surface area contributed by atoms with E-state index in [0.29, 0.717) is 5.82 Å². The van der Waals surface area contributed by atoms with Gasteiger partial charge in [-0.15, -0.1) is 0 Å². The topological polar surface area (TPSA) is 56.7 Å². The minimum absolute atomic E-state index is 0.519. The number of pyridine rings is 1. The van der Waals surface area contributed by atoms with Gasteiger partial charge in [0, 0.05) is 11.8 Å². The summed E-state index contributed by atoms with van der Waals surface area (Å²) < 4.78 is 2.33. The van der Waals surface area contributed by atoms with E-state index in [1.807, 2.05) is 18.2 Å². The monoisotopic (exact) mass is 336 g/mol. The number of aromatic nitrogens is 3. The van der Waals surface area contributed by atoms with Gasteiger partial charge >= 0.3 is 0 Å². The molecule has 2 N–H and O–H groups in total. The van der Waals surface area contributed by atoms with E-state index in [1.165, 1.54) is 5.56 Å². The van der Waals surface area contributed by atoms with Crippen molar-refractivity contribution in [1.29, 1.82) is 0 Å². The SMILES string of the molecule is CCCCc1nc2c(N)nc3ccccc3c2n1Cc1ccsc1. The molecule has 4 rings (SSSR count). The molecule has 0 spiro atoms. The van der Waals surface area contributed by atoms with E-state index in [4.69, 9.17) is 10.7 Å². The van der Waals surface area contributed by atoms with Crippen molar-refractivity contribution in [3.05, 3.63) is 52.5 Å². The van der Waals surface area contributed by atoms with Gasteiger partial charge in [-0.05, 0) is 34.9 Å². The molecule has 0 atom stereocenters. The molecule has 0 aliphatic carbocycles. The Hall–Kier alpha value is -2.40. The molecule has 5 heteroatoms. The third-order valence-electron chi connectivity index (χ3n) is 4.36. The van der Waals surface area contributed by atoms with E-state index in [1.54, 1.807) is 11.3 Å². The summed E-state index contributed by atoms with van der Waals surface area (Å²) in [5.74, 6) is 1.62. The average Bonchev–Trinajstić information content (AvgIpc) is 3.22. The first kappa shape index (κ1) is 15.1. The van der Waals surface area contributed by atoms with Gasteiger partial charge in [-0.3, -0.25) is 0 Å². The molecule has 0 saturated heterocycles. The molecule has 0 amide bonds. The van der Waals surface area contributed by atoms with E-state index in [-0.39, 0.29) is 0 Å². The predicted octanol–water partition coefficient (Wildman–Crippen LogP) is 4.62. The largest absolute Gasteiger partial charge is 0.382 e. The number of para-hydroxylation sites is 1. The molecule has 0 bridgehead atoms. The van der Waals surface area contributed by atoms with Crippen molar-refractivity contribution in [2.45, 2.75) is 32.7 Å². The highest BCUT2D eigenvalue weighted by Gasteiger charge is 2.17. The van der Waals surface area contributed by atoms with Crippen LogP contribution in [0.2, 0.25) is 0 Å². The number of nitrogen functional groups attached to an aromatic ring is 1. The normalized spacial score (nSPS) is 11.5. The zero-order chi connectivity index (χ0) is 16.5. The molecular formula is C19H20N4S. The maximum atomic E-state index is 6.22. The summed E-state index contributed by atoms with van der Waals surface area (Å²) in [6.07, 6.45) is 3.23. The smallest absolute Gasteiger partial charge is 0.152 e. The lowest BCUT2D eigenvalue weighted by atomic mass is 10.2. The number of thiophene rings is 1. The first-order chi connectivity index (χ1) is 11.8. The molecule has 24 heavy (non-hydrogen) atoms. The Morgan fingerprint density at radius 2 is 2.04 bits per heavy atom. The van der Waals surface area contributed by atoms with Crippen LogP contribution in [0.1, 0.15) is 31.2 Å². The molecule has 3 aromatic heterocycles. The van der Waals surface area contributed by atoms with Gasteiger partial charge in [-0.25, -0.2) is 9.97 Å². The zero-order valence-corrected chi connectivity index (χ0v) is 14.5. The lowest BCUT2D eigenvalue weighted by Gasteiger charge is -2.10. The Balaban J connectivity index is 1.99. The molecule has 0 fully saturated rings. The van der Waals surface area contributed by atoms with Crippen molar-refractivity contribution < 1.29 is 0 Å². The Morgan fingerprint density at radius 1 is 1.17 bits per heavy atom. The molecule has 122 valence electrons. The van der Waals surface area contributed by atoms with Crippen LogP contribution in [-0.4, -0.2) is 14.5 Å². The minimum atomic E-state index is 0.519. The number of fused-ring (bicyclic) bond motifs is 3. The molecule has 4 nitrogen and oxygen atoms in total. The van der Waals surface area contributed by atoms with Crippen LogP contribution < -0.4 is 5.73 Å². The van der Waals surface area contributed by atoms with Gasteiger partial charge in [0.1, 0.15) is 11.3 Å². The van der Waals surface area contributed by atoms with E-state index in [0.717, 1.165) is 53.6 Å². The summed E-state index contributed by atoms with van der Waals surface area (Å²) in [5.41, 5.74) is 10.4. The van der Waals surface area contributed by atoms with Gasteiger partial charge in [0.15, 0.2) is 5.82 Å². The Labute approximate surface area is 145 Å². The average molecular weight is 336 g/mol. The first-order valence-corrected chi connectivity index (χ1v) is 9.26. The lowest BCUT2D eigenvalue weighted by molar-refractivity contribution is 0.691. The highest BCUT2D eigenvalue weighted by Crippen LogP contribution is 2.30. The Morgan fingerprint density at radius 3 is 2.83 bits per heavy atom. The number of unbranched alkanes of at least 4 members (excludes halogenated alkanes) is 1. The fourth-order valence-corrected chi connectivity index (χ4v) is 3.83. The van der Waals surface area contributed by atoms with E-state index < -0.39 is 0 Å². The lowest BCUT2D eigenvalue weighted by Crippen LogP contribution is -2.05. The highest BCUT2D eigenvalue weighted by atomic mass is 32.1. The van der Waals surface area contributed by atoms with Crippen LogP contribution in [0.25, 0.3) is 21.9 Å². The maximum absolute atomic E-state index is 6.22. The molecule has 0 saturated carbocycles. The molecule has 3 heterocycles. The molecular weight excluding hydrogens is 316 g/mol. The van der Waals surface area contributed by atoms with Crippen molar-refractivity contribution >= 4 is 39.1 Å². The number of nitrogens with zero attached hydrogens (tertiary/aromatic N) is 3. The zero-order valence-electron chi connectivity index (χ0n) is 13.7. The van der Waals surface area contributed by atoms with E-state index in [9.17, 15) is 0 Å². The van der Waals surface area contributed by atoms with Gasteiger partial charge in [0.2, 0.25) is 0 Å². The van der Waals surface area contributed by atoms with Crippen molar-refractivity contribution in [3.8, 4) is 0 Å². The van der Waals surface area contributed by atoms with Gasteiger partial charge < -0.3 is 10.3 Å². The third-order valence-corrected chi connectivity index (χ3v) is 5.10. The summed E-state index contributed by atoms with van der Waals surface area (Å²) in [7, 11) is 0. The standard InChI is InChI=1S/C19H20N4S/c1-2-3-8-16-22-17-18(23(16)11-13-9-10-24-12-13)14-6-4-5-7-15(14)21-19(17)20/h4-7,9-10,12H,2-3,8,11H2,1H3,(H2,20,21). The fraction of sp³-hybridized carbons (Fsp3) is 0.263. The van der Waals surface area contributed by atoms with Crippen molar-refractivity contribution in [2.24, 2.45) is 0 Å². The number of anilines is 1. The van der Waals surface area contributed by atoms with E-state index in [2.05, 4.69) is 39.4 Å². The number of imidazole rings is 1. The molecule has 0 unspecified atom stereocenters. The number of benzene rings is 1. The first-order valence-electron chi connectivity index (χ1n) is 8.32. The maximum Gasteiger partial charge on any atom is 0.152 e. The Kier molecular flexibility index (Phi) is 3.94. The van der Waals surface area contributed by atoms with Crippen LogP contribution in [0.15, 0.2) is 41.1 Å². The second-order valence-corrected chi connectivity index (χ2v) is 6.84. The van der Waals surface area contributed by atoms with Crippen molar-refractivity contribution in [2.75, 3.05) is 5.73 Å². The third kappa shape index (κ3) is 2.55. The van der Waals surface area contributed by atoms with Crippen LogP contribution in [0.3, 0.4) is 0 Å². The second-order valence-electron chi connectivity index (χ2n) is 6.06. The van der Waals surface area contributed by atoms with E-state index >= 15 is 0 Å². The summed E-state index contributed by atoms with van der Waals surface area (Å²) in [6, 6.07) is 10.3. The summed E-state index contributed by atoms with van der Waals surface area (Å²) in [5, 5.41) is 5.43. The Bertz CT molecular complexity index is 986. The number of nitrogens with two attached hydrogens (primary N) is 1. The molecule has 0 radical (unpaired) electrons. The second kappa shape index (κ2) is 6.24. The van der Waals surface area contributed by atoms with Gasteiger partial charge in [0.25, 0.3) is 0 Å². The van der Waals surface area contributed by atoms with Gasteiger partial charge in [-0.2, -0.15) is 11.3 Å². The van der Waals surface area contributed by atoms with Crippen LogP contribution in [0, 0.1) is 0 Å². The van der Waals surface area contributed by atoms with Crippen molar-refractivity contribution in [3.63, 3.8) is 0 Å². The summed E-state index contributed by atoms with van der Waals surface area (Å²) in [6.45, 7) is 3.03. The number of rotatable bonds is 5. The quantitative estimate of drug-likeness (QED) is 0.578. The highest BCUT2D eigenvalue weighted by molar-refractivity contribution is 7.07. The van der Waals surface area contributed by atoms with Crippen molar-refractivity contribution in [1.82, 2.24) is 14.5 Å². The van der Waals surface area contributed by atoms with Crippen LogP contribution in [0.5, 0.6) is 0 Å². The van der Waals surface area contributed by atoms with Crippen LogP contribution in [0.4, 0.5) is 5.82 Å². The number of aryl methyl sites for hydroxylation is 1.